The Morgan fingerprint density at radius 2 is 2.13 bits per heavy atom. The minimum absolute atomic E-state index is 0.196. The minimum Gasteiger partial charge on any atom is -0.461 e. The molecule has 31 heavy (non-hydrogen) atoms. The quantitative estimate of drug-likeness (QED) is 0.305. The van der Waals surface area contributed by atoms with Gasteiger partial charge < -0.3 is 26.5 Å². The zero-order valence-electron chi connectivity index (χ0n) is 18.2. The number of nitrogens with zero attached hydrogens (tertiary/aromatic N) is 2. The van der Waals surface area contributed by atoms with E-state index in [2.05, 4.69) is 29.6 Å². The van der Waals surface area contributed by atoms with Crippen molar-refractivity contribution in [1.29, 1.82) is 5.41 Å². The van der Waals surface area contributed by atoms with E-state index in [-0.39, 0.29) is 30.2 Å². The topological polar surface area (TPSA) is 135 Å². The number of aromatic nitrogens is 2. The third kappa shape index (κ3) is 4.60. The lowest BCUT2D eigenvalue weighted by molar-refractivity contribution is -0.113. The van der Waals surface area contributed by atoms with Crippen molar-refractivity contribution in [2.45, 2.75) is 40.2 Å². The van der Waals surface area contributed by atoms with E-state index in [0.717, 1.165) is 6.21 Å². The first-order valence-electron chi connectivity index (χ1n) is 10.2. The summed E-state index contributed by atoms with van der Waals surface area (Å²) >= 11 is 0. The van der Waals surface area contributed by atoms with E-state index in [9.17, 15) is 9.59 Å². The lowest BCUT2D eigenvalue weighted by Gasteiger charge is -2.30. The summed E-state index contributed by atoms with van der Waals surface area (Å²) in [5.74, 6) is 0.138. The molecule has 1 aromatic heterocycles. The zero-order valence-corrected chi connectivity index (χ0v) is 18.2. The van der Waals surface area contributed by atoms with E-state index in [1.165, 1.54) is 0 Å². The van der Waals surface area contributed by atoms with Gasteiger partial charge in [0.1, 0.15) is 5.82 Å². The van der Waals surface area contributed by atoms with Gasteiger partial charge in [-0.3, -0.25) is 4.79 Å². The van der Waals surface area contributed by atoms with Crippen LogP contribution in [0.1, 0.15) is 56.2 Å². The third-order valence-corrected chi connectivity index (χ3v) is 5.01. The van der Waals surface area contributed by atoms with Crippen LogP contribution in [0.5, 0.6) is 0 Å². The summed E-state index contributed by atoms with van der Waals surface area (Å²) in [7, 11) is 0. The van der Waals surface area contributed by atoms with Crippen LogP contribution >= 0.6 is 0 Å². The van der Waals surface area contributed by atoms with Crippen LogP contribution in [0.25, 0.3) is 0 Å². The number of benzene rings is 1. The van der Waals surface area contributed by atoms with E-state index < -0.39 is 5.97 Å². The van der Waals surface area contributed by atoms with Crippen LogP contribution < -0.4 is 16.4 Å². The van der Waals surface area contributed by atoms with Gasteiger partial charge >= 0.3 is 5.97 Å². The Balaban J connectivity index is 1.95. The predicted molar refractivity (Wildman–Crippen MR) is 120 cm³/mol. The Morgan fingerprint density at radius 1 is 1.39 bits per heavy atom. The standard InChI is InChI=1S/C22H28N6O3/c1-5-31-22(30)17-10-19-25-13(4)20(18(8-12(2)3)28(19)27-17)21(29)26-15-6-7-16(24)14(9-15)11-23/h6-7,9-12,18,23,25H,5,8,24H2,1-4H3,(H,26,29). The molecule has 0 aliphatic carbocycles. The molecule has 5 N–H and O–H groups in total. The second-order valence-corrected chi connectivity index (χ2v) is 7.83. The van der Waals surface area contributed by atoms with Gasteiger partial charge in [-0.2, -0.15) is 5.10 Å². The molecule has 164 valence electrons. The number of hydrogen-bond acceptors (Lipinski definition) is 7. The monoisotopic (exact) mass is 424 g/mol. The van der Waals surface area contributed by atoms with Crippen LogP contribution in [0.2, 0.25) is 0 Å². The number of anilines is 3. The average Bonchev–Trinajstić information content (AvgIpc) is 3.13. The molecule has 1 aromatic carbocycles. The van der Waals surface area contributed by atoms with E-state index in [4.69, 9.17) is 15.9 Å². The van der Waals surface area contributed by atoms with Crippen molar-refractivity contribution in [3.63, 3.8) is 0 Å². The summed E-state index contributed by atoms with van der Waals surface area (Å²) < 4.78 is 6.75. The number of hydrogen-bond donors (Lipinski definition) is 4. The number of nitrogen functional groups attached to an aromatic ring is 1. The first kappa shape index (κ1) is 22.1. The Kier molecular flexibility index (Phi) is 6.43. The van der Waals surface area contributed by atoms with E-state index >= 15 is 0 Å². The third-order valence-electron chi connectivity index (χ3n) is 5.01. The van der Waals surface area contributed by atoms with Crippen molar-refractivity contribution in [2.75, 3.05) is 23.0 Å². The molecule has 2 aromatic rings. The van der Waals surface area contributed by atoms with Gasteiger partial charge in [-0.05, 0) is 44.4 Å². The van der Waals surface area contributed by atoms with Gasteiger partial charge in [-0.1, -0.05) is 13.8 Å². The highest BCUT2D eigenvalue weighted by molar-refractivity contribution is 6.06. The Bertz CT molecular complexity index is 1050. The van der Waals surface area contributed by atoms with Gasteiger partial charge in [-0.25, -0.2) is 9.48 Å². The van der Waals surface area contributed by atoms with Gasteiger partial charge in [0.15, 0.2) is 5.69 Å². The summed E-state index contributed by atoms with van der Waals surface area (Å²) in [6, 6.07) is 6.29. The Hall–Kier alpha value is -3.62. The number of rotatable bonds is 7. The normalized spacial score (nSPS) is 15.3. The van der Waals surface area contributed by atoms with Gasteiger partial charge in [0.2, 0.25) is 0 Å². The molecule has 1 amide bonds. The molecule has 0 saturated carbocycles. The number of ether oxygens (including phenoxy) is 1. The number of esters is 1. The van der Waals surface area contributed by atoms with Crippen LogP contribution in [0, 0.1) is 11.3 Å². The predicted octanol–water partition coefficient (Wildman–Crippen LogP) is 3.57. The molecule has 3 rings (SSSR count). The molecule has 1 unspecified atom stereocenters. The largest absolute Gasteiger partial charge is 0.461 e. The number of carbonyl (C=O) groups excluding carboxylic acids is 2. The molecule has 2 heterocycles. The number of amides is 1. The van der Waals surface area contributed by atoms with Crippen molar-refractivity contribution in [3.05, 3.63) is 46.8 Å². The lowest BCUT2D eigenvalue weighted by Crippen LogP contribution is -2.31. The van der Waals surface area contributed by atoms with Gasteiger partial charge in [-0.15, -0.1) is 0 Å². The van der Waals surface area contributed by atoms with E-state index in [1.807, 2.05) is 6.92 Å². The van der Waals surface area contributed by atoms with Crippen molar-refractivity contribution in [3.8, 4) is 0 Å². The van der Waals surface area contributed by atoms with Crippen molar-refractivity contribution in [2.24, 2.45) is 5.92 Å². The lowest BCUT2D eigenvalue weighted by atomic mass is 9.93. The fraction of sp³-hybridized carbons (Fsp3) is 0.364. The van der Waals surface area contributed by atoms with Crippen LogP contribution in [0.15, 0.2) is 35.5 Å². The average molecular weight is 425 g/mol. The van der Waals surface area contributed by atoms with E-state index in [1.54, 1.807) is 35.9 Å². The molecule has 1 atom stereocenters. The summed E-state index contributed by atoms with van der Waals surface area (Å²) in [5, 5.41) is 18.0. The molecule has 0 radical (unpaired) electrons. The number of carbonyl (C=O) groups is 2. The number of nitrogens with one attached hydrogen (secondary N) is 3. The molecule has 9 nitrogen and oxygen atoms in total. The van der Waals surface area contributed by atoms with Crippen molar-refractivity contribution in [1.82, 2.24) is 9.78 Å². The molecule has 0 bridgehead atoms. The highest BCUT2D eigenvalue weighted by Gasteiger charge is 2.33. The fourth-order valence-corrected chi connectivity index (χ4v) is 3.62. The fourth-order valence-electron chi connectivity index (χ4n) is 3.62. The van der Waals surface area contributed by atoms with Crippen LogP contribution in [-0.2, 0) is 9.53 Å². The van der Waals surface area contributed by atoms with E-state index in [0.29, 0.717) is 40.4 Å². The van der Waals surface area contributed by atoms with Crippen LogP contribution in [0.4, 0.5) is 17.2 Å². The Labute approximate surface area is 181 Å². The molecular weight excluding hydrogens is 396 g/mol. The summed E-state index contributed by atoms with van der Waals surface area (Å²) in [5.41, 5.74) is 8.79. The zero-order chi connectivity index (χ0) is 22.7. The highest BCUT2D eigenvalue weighted by Crippen LogP contribution is 2.36. The minimum atomic E-state index is -0.501. The van der Waals surface area contributed by atoms with Gasteiger partial charge in [0, 0.05) is 34.9 Å². The van der Waals surface area contributed by atoms with Gasteiger partial charge in [0.05, 0.1) is 18.2 Å². The van der Waals surface area contributed by atoms with Crippen LogP contribution in [0.3, 0.4) is 0 Å². The maximum Gasteiger partial charge on any atom is 0.358 e. The van der Waals surface area contributed by atoms with Crippen molar-refractivity contribution < 1.29 is 14.3 Å². The molecule has 0 spiro atoms. The number of fused-ring (bicyclic) bond motifs is 1. The molecule has 9 heteroatoms. The summed E-state index contributed by atoms with van der Waals surface area (Å²) in [6.45, 7) is 7.96. The first-order valence-corrected chi connectivity index (χ1v) is 10.2. The summed E-state index contributed by atoms with van der Waals surface area (Å²) in [6.07, 6.45) is 1.80. The number of allylic oxidation sites excluding steroid dienone is 1. The first-order chi connectivity index (χ1) is 14.7. The number of nitrogens with two attached hydrogens (primary N) is 1. The van der Waals surface area contributed by atoms with Crippen LogP contribution in [-0.4, -0.2) is 34.5 Å². The van der Waals surface area contributed by atoms with Crippen molar-refractivity contribution >= 4 is 35.3 Å². The molecule has 1 aliphatic rings. The highest BCUT2D eigenvalue weighted by atomic mass is 16.5. The second kappa shape index (κ2) is 9.03. The SMILES string of the molecule is CCOC(=O)c1cc2n(n1)C(CC(C)C)C(C(=O)Nc1ccc(N)c(C=N)c1)=C(C)N2. The smallest absolute Gasteiger partial charge is 0.358 e. The molecule has 0 saturated heterocycles. The van der Waals surface area contributed by atoms with Gasteiger partial charge in [0.25, 0.3) is 5.91 Å². The Morgan fingerprint density at radius 3 is 2.77 bits per heavy atom. The second-order valence-electron chi connectivity index (χ2n) is 7.83. The summed E-state index contributed by atoms with van der Waals surface area (Å²) in [4.78, 5) is 25.4. The molecule has 1 aliphatic heterocycles. The maximum atomic E-state index is 13.3. The molecular formula is C22H28N6O3. The maximum absolute atomic E-state index is 13.3. The molecule has 0 fully saturated rings.